The highest BCUT2D eigenvalue weighted by Crippen LogP contribution is 2.52. The molecule has 0 atom stereocenters. The number of nitrogens with zero attached hydrogens (tertiary/aromatic N) is 2. The third-order valence-electron chi connectivity index (χ3n) is 9.83. The van der Waals surface area contributed by atoms with E-state index in [1.165, 1.54) is 60.5 Å². The lowest BCUT2D eigenvalue weighted by Crippen LogP contribution is -2.17. The molecule has 47 heavy (non-hydrogen) atoms. The first-order valence-electron chi connectivity index (χ1n) is 16.1. The average molecular weight is 595 g/mol. The van der Waals surface area contributed by atoms with E-state index in [1.54, 1.807) is 0 Å². The van der Waals surface area contributed by atoms with Crippen LogP contribution in [0.4, 0.5) is 17.1 Å². The molecule has 0 N–H and O–H groups in total. The SMILES string of the molecule is [B]c1cccc2cccc(N3c4cc(-c5ccc6c(c5)c5ccccc5n6-c5ccccc5)ccc4-c4cccc5cccc3c45)c12. The Balaban J connectivity index is 1.23. The van der Waals surface area contributed by atoms with Gasteiger partial charge in [-0.2, -0.15) is 0 Å². The van der Waals surface area contributed by atoms with Gasteiger partial charge in [-0.05, 0) is 81.4 Å². The van der Waals surface area contributed by atoms with Crippen molar-refractivity contribution in [1.29, 1.82) is 0 Å². The first kappa shape index (κ1) is 26.2. The lowest BCUT2D eigenvalue weighted by Gasteiger charge is -2.35. The Morgan fingerprint density at radius 3 is 1.87 bits per heavy atom. The highest BCUT2D eigenvalue weighted by molar-refractivity contribution is 6.40. The number of fused-ring (bicyclic) bond motifs is 6. The van der Waals surface area contributed by atoms with Crippen LogP contribution in [0.15, 0.2) is 164 Å². The summed E-state index contributed by atoms with van der Waals surface area (Å²) in [6.07, 6.45) is 0. The molecule has 10 rings (SSSR count). The van der Waals surface area contributed by atoms with Crippen LogP contribution in [0.2, 0.25) is 0 Å². The average Bonchev–Trinajstić information content (AvgIpc) is 3.46. The van der Waals surface area contributed by atoms with Gasteiger partial charge in [-0.1, -0.05) is 121 Å². The summed E-state index contributed by atoms with van der Waals surface area (Å²) in [7, 11) is 6.71. The van der Waals surface area contributed by atoms with Crippen LogP contribution in [0.1, 0.15) is 0 Å². The van der Waals surface area contributed by atoms with E-state index in [2.05, 4.69) is 161 Å². The summed E-state index contributed by atoms with van der Waals surface area (Å²) in [4.78, 5) is 2.42. The molecule has 0 unspecified atom stereocenters. The Bertz CT molecular complexity index is 2690. The van der Waals surface area contributed by atoms with Crippen LogP contribution in [-0.4, -0.2) is 12.4 Å². The fraction of sp³-hybridized carbons (Fsp3) is 0. The Morgan fingerprint density at radius 2 is 1.04 bits per heavy atom. The molecule has 8 aromatic carbocycles. The van der Waals surface area contributed by atoms with Crippen LogP contribution < -0.4 is 10.4 Å². The molecular formula is C44H27BN2. The van der Waals surface area contributed by atoms with Gasteiger partial charge in [0.2, 0.25) is 0 Å². The molecule has 0 saturated heterocycles. The van der Waals surface area contributed by atoms with E-state index in [9.17, 15) is 0 Å². The molecule has 1 aliphatic heterocycles. The number of aromatic nitrogens is 1. The fourth-order valence-electron chi connectivity index (χ4n) is 7.79. The highest BCUT2D eigenvalue weighted by atomic mass is 15.2. The summed E-state index contributed by atoms with van der Waals surface area (Å²) in [5.74, 6) is 0. The minimum atomic E-state index is 0.780. The number of hydrogen-bond acceptors (Lipinski definition) is 1. The van der Waals surface area contributed by atoms with E-state index in [-0.39, 0.29) is 0 Å². The zero-order valence-electron chi connectivity index (χ0n) is 25.6. The van der Waals surface area contributed by atoms with Gasteiger partial charge in [0.25, 0.3) is 0 Å². The number of anilines is 3. The van der Waals surface area contributed by atoms with Gasteiger partial charge >= 0.3 is 0 Å². The predicted molar refractivity (Wildman–Crippen MR) is 200 cm³/mol. The summed E-state index contributed by atoms with van der Waals surface area (Å²) in [5.41, 5.74) is 12.6. The maximum Gasteiger partial charge on any atom is 0.114 e. The van der Waals surface area contributed by atoms with Crippen molar-refractivity contribution in [1.82, 2.24) is 4.57 Å². The number of rotatable bonds is 3. The van der Waals surface area contributed by atoms with Crippen LogP contribution in [0.25, 0.3) is 71.3 Å². The number of benzene rings is 8. The Kier molecular flexibility index (Phi) is 5.56. The van der Waals surface area contributed by atoms with E-state index in [4.69, 9.17) is 7.85 Å². The van der Waals surface area contributed by atoms with Gasteiger partial charge in [0.05, 0.1) is 28.1 Å². The largest absolute Gasteiger partial charge is 0.309 e. The summed E-state index contributed by atoms with van der Waals surface area (Å²) in [6, 6.07) is 59.1. The van der Waals surface area contributed by atoms with Crippen molar-refractivity contribution in [2.24, 2.45) is 0 Å². The van der Waals surface area contributed by atoms with E-state index in [0.717, 1.165) is 33.3 Å². The zero-order valence-corrected chi connectivity index (χ0v) is 25.6. The molecule has 216 valence electrons. The monoisotopic (exact) mass is 594 g/mol. The van der Waals surface area contributed by atoms with Gasteiger partial charge < -0.3 is 9.47 Å². The van der Waals surface area contributed by atoms with E-state index >= 15 is 0 Å². The maximum atomic E-state index is 6.71. The Labute approximate surface area is 274 Å². The molecule has 2 radical (unpaired) electrons. The van der Waals surface area contributed by atoms with E-state index in [1.807, 2.05) is 12.1 Å². The Hall–Kier alpha value is -6.06. The van der Waals surface area contributed by atoms with Crippen molar-refractivity contribution in [3.8, 4) is 27.9 Å². The second kappa shape index (κ2) is 9.97. The molecule has 0 fully saturated rings. The highest BCUT2D eigenvalue weighted by Gasteiger charge is 2.27. The van der Waals surface area contributed by atoms with Gasteiger partial charge in [0, 0.05) is 27.4 Å². The molecule has 0 bridgehead atoms. The van der Waals surface area contributed by atoms with Crippen LogP contribution in [0.5, 0.6) is 0 Å². The summed E-state index contributed by atoms with van der Waals surface area (Å²) >= 11 is 0. The van der Waals surface area contributed by atoms with Crippen LogP contribution >= 0.6 is 0 Å². The molecule has 1 aliphatic rings. The summed E-state index contributed by atoms with van der Waals surface area (Å²) in [5, 5.41) is 7.18. The summed E-state index contributed by atoms with van der Waals surface area (Å²) < 4.78 is 2.37. The van der Waals surface area contributed by atoms with Gasteiger partial charge in [-0.15, -0.1) is 0 Å². The van der Waals surface area contributed by atoms with Crippen LogP contribution in [0, 0.1) is 0 Å². The van der Waals surface area contributed by atoms with Crippen molar-refractivity contribution < 1.29 is 0 Å². The third kappa shape index (κ3) is 3.80. The van der Waals surface area contributed by atoms with Gasteiger partial charge in [-0.3, -0.25) is 0 Å². The smallest absolute Gasteiger partial charge is 0.114 e. The first-order valence-corrected chi connectivity index (χ1v) is 16.1. The third-order valence-corrected chi connectivity index (χ3v) is 9.83. The molecule has 0 spiro atoms. The van der Waals surface area contributed by atoms with Crippen LogP contribution in [-0.2, 0) is 0 Å². The normalized spacial score (nSPS) is 12.3. The van der Waals surface area contributed by atoms with Crippen LogP contribution in [0.3, 0.4) is 0 Å². The summed E-state index contributed by atoms with van der Waals surface area (Å²) in [6.45, 7) is 0. The lowest BCUT2D eigenvalue weighted by molar-refractivity contribution is 1.18. The Morgan fingerprint density at radius 1 is 0.404 bits per heavy atom. The molecule has 0 saturated carbocycles. The molecular weight excluding hydrogens is 567 g/mol. The minimum Gasteiger partial charge on any atom is -0.309 e. The molecule has 2 nitrogen and oxygen atoms in total. The van der Waals surface area contributed by atoms with Crippen molar-refractivity contribution in [3.63, 3.8) is 0 Å². The molecule has 0 aliphatic carbocycles. The molecule has 0 amide bonds. The number of para-hydroxylation sites is 2. The molecule has 9 aromatic rings. The predicted octanol–water partition coefficient (Wildman–Crippen LogP) is 11.0. The number of hydrogen-bond donors (Lipinski definition) is 0. The fourth-order valence-corrected chi connectivity index (χ4v) is 7.79. The van der Waals surface area contributed by atoms with E-state index < -0.39 is 0 Å². The quantitative estimate of drug-likeness (QED) is 0.185. The van der Waals surface area contributed by atoms with Crippen molar-refractivity contribution in [3.05, 3.63) is 164 Å². The second-order valence-electron chi connectivity index (χ2n) is 12.4. The van der Waals surface area contributed by atoms with Gasteiger partial charge in [0.15, 0.2) is 0 Å². The van der Waals surface area contributed by atoms with Crippen molar-refractivity contribution in [2.75, 3.05) is 4.90 Å². The van der Waals surface area contributed by atoms with Crippen molar-refractivity contribution in [2.45, 2.75) is 0 Å². The van der Waals surface area contributed by atoms with E-state index in [0.29, 0.717) is 0 Å². The standard InChI is InChI=1S/C44H27BN2/c45-37-18-7-11-29-13-9-21-41(44(29)37)47-40-20-8-12-28-10-6-17-35(43(28)40)34-24-22-31(27-42(34)47)30-23-25-39-36(26-30)33-16-4-5-19-38(33)46(39)32-14-2-1-3-15-32/h1-27H. The minimum absolute atomic E-state index is 0.780. The molecule has 2 heterocycles. The zero-order chi connectivity index (χ0) is 31.1. The van der Waals surface area contributed by atoms with Gasteiger partial charge in [-0.25, -0.2) is 0 Å². The lowest BCUT2D eigenvalue weighted by atomic mass is 9.86. The topological polar surface area (TPSA) is 8.17 Å². The maximum absolute atomic E-state index is 6.71. The first-order chi connectivity index (χ1) is 23.2. The second-order valence-corrected chi connectivity index (χ2v) is 12.4. The van der Waals surface area contributed by atoms with Gasteiger partial charge in [0.1, 0.15) is 7.85 Å². The van der Waals surface area contributed by atoms with Crippen molar-refractivity contribution >= 4 is 73.7 Å². The molecule has 1 aromatic heterocycles. The molecule has 3 heteroatoms.